The maximum Gasteiger partial charge on any atom is 0.459 e. The van der Waals surface area contributed by atoms with Gasteiger partial charge in [-0.15, -0.1) is 0 Å². The highest BCUT2D eigenvalue weighted by Gasteiger charge is 2.71. The maximum atomic E-state index is 12.0. The first-order chi connectivity index (χ1) is 6.06. The molecule has 0 aromatic rings. The molecule has 0 saturated heterocycles. The summed E-state index contributed by atoms with van der Waals surface area (Å²) in [4.78, 5) is 0. The second-order valence-electron chi connectivity index (χ2n) is 2.13. The Morgan fingerprint density at radius 3 is 1.14 bits per heavy atom. The minimum atomic E-state index is -6.20. The standard InChI is InChI=1S/C5H5F7.C2H6/c1-2-3(6,7)4(8,9)5(10,11)12;1-2/h2H2,1H3;1-2H3. The van der Waals surface area contributed by atoms with Gasteiger partial charge in [-0.2, -0.15) is 30.7 Å². The molecule has 0 aromatic carbocycles. The van der Waals surface area contributed by atoms with E-state index in [1.54, 1.807) is 0 Å². The van der Waals surface area contributed by atoms with Gasteiger partial charge in [0.05, 0.1) is 0 Å². The molecule has 88 valence electrons. The van der Waals surface area contributed by atoms with Crippen molar-refractivity contribution < 1.29 is 30.7 Å². The van der Waals surface area contributed by atoms with E-state index in [1.807, 2.05) is 13.8 Å². The molecule has 0 aliphatic carbocycles. The highest BCUT2D eigenvalue weighted by molar-refractivity contribution is 4.89. The molecule has 0 heterocycles. The molecule has 0 bridgehead atoms. The van der Waals surface area contributed by atoms with Crippen LogP contribution in [-0.4, -0.2) is 18.0 Å². The van der Waals surface area contributed by atoms with Crippen molar-refractivity contribution >= 4 is 0 Å². The van der Waals surface area contributed by atoms with Crippen molar-refractivity contribution in [2.24, 2.45) is 0 Å². The van der Waals surface area contributed by atoms with Crippen LogP contribution in [0.25, 0.3) is 0 Å². The van der Waals surface area contributed by atoms with Crippen molar-refractivity contribution in [2.45, 2.75) is 45.2 Å². The smallest absolute Gasteiger partial charge is 0.200 e. The molecule has 0 atom stereocenters. The normalized spacial score (nSPS) is 13.3. The van der Waals surface area contributed by atoms with Gasteiger partial charge < -0.3 is 0 Å². The molecule has 0 aliphatic heterocycles. The van der Waals surface area contributed by atoms with Crippen molar-refractivity contribution in [1.82, 2.24) is 0 Å². The summed E-state index contributed by atoms with van der Waals surface area (Å²) in [5.74, 6) is -11.0. The van der Waals surface area contributed by atoms with Crippen LogP contribution in [-0.2, 0) is 0 Å². The van der Waals surface area contributed by atoms with Crippen molar-refractivity contribution in [3.8, 4) is 0 Å². The lowest BCUT2D eigenvalue weighted by molar-refractivity contribution is -0.354. The number of rotatable bonds is 2. The van der Waals surface area contributed by atoms with Gasteiger partial charge in [0.2, 0.25) is 0 Å². The Morgan fingerprint density at radius 2 is 1.07 bits per heavy atom. The molecule has 7 heteroatoms. The summed E-state index contributed by atoms with van der Waals surface area (Å²) in [6.07, 6.45) is -7.76. The van der Waals surface area contributed by atoms with Crippen molar-refractivity contribution in [1.29, 1.82) is 0 Å². The van der Waals surface area contributed by atoms with Crippen LogP contribution >= 0.6 is 0 Å². The van der Waals surface area contributed by atoms with Gasteiger partial charge in [0.25, 0.3) is 0 Å². The fourth-order valence-electron chi connectivity index (χ4n) is 0.429. The highest BCUT2D eigenvalue weighted by atomic mass is 19.4. The molecular formula is C7H11F7. The van der Waals surface area contributed by atoms with E-state index in [1.165, 1.54) is 0 Å². The number of hydrogen-bond donors (Lipinski definition) is 0. The lowest BCUT2D eigenvalue weighted by atomic mass is 10.1. The van der Waals surface area contributed by atoms with Gasteiger partial charge in [-0.25, -0.2) is 0 Å². The molecule has 0 unspecified atom stereocenters. The molecule has 0 spiro atoms. The Balaban J connectivity index is 0. The SMILES string of the molecule is CC.CCC(F)(F)C(F)(F)C(F)(F)F. The van der Waals surface area contributed by atoms with E-state index in [9.17, 15) is 30.7 Å². The summed E-state index contributed by atoms with van der Waals surface area (Å²) in [7, 11) is 0. The summed E-state index contributed by atoms with van der Waals surface area (Å²) in [6.45, 7) is 4.56. The van der Waals surface area contributed by atoms with Crippen LogP contribution in [0.4, 0.5) is 30.7 Å². The minimum Gasteiger partial charge on any atom is -0.200 e. The van der Waals surface area contributed by atoms with Crippen LogP contribution in [0.2, 0.25) is 0 Å². The lowest BCUT2D eigenvalue weighted by Gasteiger charge is -2.26. The van der Waals surface area contributed by atoms with E-state index >= 15 is 0 Å². The summed E-state index contributed by atoms with van der Waals surface area (Å²) in [5, 5.41) is 0. The molecule has 0 saturated carbocycles. The Bertz CT molecular complexity index is 158. The van der Waals surface area contributed by atoms with Gasteiger partial charge in [0.15, 0.2) is 0 Å². The second-order valence-corrected chi connectivity index (χ2v) is 2.13. The monoisotopic (exact) mass is 228 g/mol. The lowest BCUT2D eigenvalue weighted by Crippen LogP contribution is -2.51. The van der Waals surface area contributed by atoms with Crippen LogP contribution in [0, 0.1) is 0 Å². The maximum absolute atomic E-state index is 12.0. The van der Waals surface area contributed by atoms with Crippen LogP contribution in [0.3, 0.4) is 0 Å². The van der Waals surface area contributed by atoms with E-state index in [0.717, 1.165) is 0 Å². The third kappa shape index (κ3) is 3.02. The summed E-state index contributed by atoms with van der Waals surface area (Å²) in [6, 6.07) is 0. The van der Waals surface area contributed by atoms with Gasteiger partial charge in [-0.1, -0.05) is 20.8 Å². The summed E-state index contributed by atoms with van der Waals surface area (Å²) in [5.41, 5.74) is 0. The minimum absolute atomic E-state index is 0.555. The van der Waals surface area contributed by atoms with Gasteiger partial charge in [-0.3, -0.25) is 0 Å². The molecule has 0 radical (unpaired) electrons. The molecular weight excluding hydrogens is 217 g/mol. The fraction of sp³-hybridized carbons (Fsp3) is 1.00. The molecule has 0 N–H and O–H groups in total. The van der Waals surface area contributed by atoms with E-state index in [0.29, 0.717) is 6.92 Å². The van der Waals surface area contributed by atoms with Gasteiger partial charge in [-0.05, 0) is 0 Å². The van der Waals surface area contributed by atoms with Crippen LogP contribution in [0.5, 0.6) is 0 Å². The zero-order valence-corrected chi connectivity index (χ0v) is 7.85. The van der Waals surface area contributed by atoms with E-state index in [-0.39, 0.29) is 0 Å². The predicted octanol–water partition coefficient (Wildman–Crippen LogP) is 4.26. The van der Waals surface area contributed by atoms with Crippen LogP contribution in [0.15, 0.2) is 0 Å². The molecule has 14 heavy (non-hydrogen) atoms. The average Bonchev–Trinajstić information content (AvgIpc) is 2.06. The Labute approximate surface area is 77.1 Å². The molecule has 0 nitrogen and oxygen atoms in total. The second kappa shape index (κ2) is 4.84. The zero-order chi connectivity index (χ0) is 12.2. The van der Waals surface area contributed by atoms with Crippen LogP contribution in [0.1, 0.15) is 27.2 Å². The largest absolute Gasteiger partial charge is 0.459 e. The zero-order valence-electron chi connectivity index (χ0n) is 7.85. The van der Waals surface area contributed by atoms with Gasteiger partial charge >= 0.3 is 18.0 Å². The van der Waals surface area contributed by atoms with Gasteiger partial charge in [0, 0.05) is 6.42 Å². The first-order valence-electron chi connectivity index (χ1n) is 3.88. The summed E-state index contributed by atoms with van der Waals surface area (Å²) < 4.78 is 81.4. The van der Waals surface area contributed by atoms with Crippen molar-refractivity contribution in [2.75, 3.05) is 0 Å². The van der Waals surface area contributed by atoms with Crippen molar-refractivity contribution in [3.63, 3.8) is 0 Å². The predicted molar refractivity (Wildman–Crippen MR) is 37.6 cm³/mol. The van der Waals surface area contributed by atoms with Gasteiger partial charge in [0.1, 0.15) is 0 Å². The Hall–Kier alpha value is -0.490. The quantitative estimate of drug-likeness (QED) is 0.619. The molecule has 0 aromatic heterocycles. The van der Waals surface area contributed by atoms with Crippen molar-refractivity contribution in [3.05, 3.63) is 0 Å². The molecule has 0 aliphatic rings. The van der Waals surface area contributed by atoms with E-state index < -0.39 is 24.4 Å². The fourth-order valence-corrected chi connectivity index (χ4v) is 0.429. The number of hydrogen-bond acceptors (Lipinski definition) is 0. The third-order valence-electron chi connectivity index (χ3n) is 1.26. The van der Waals surface area contributed by atoms with E-state index in [2.05, 4.69) is 0 Å². The van der Waals surface area contributed by atoms with Crippen LogP contribution < -0.4 is 0 Å². The van der Waals surface area contributed by atoms with E-state index in [4.69, 9.17) is 0 Å². The first kappa shape index (κ1) is 16.0. The first-order valence-corrected chi connectivity index (χ1v) is 3.88. The summed E-state index contributed by atoms with van der Waals surface area (Å²) >= 11 is 0. The highest BCUT2D eigenvalue weighted by Crippen LogP contribution is 2.47. The molecule has 0 amide bonds. The topological polar surface area (TPSA) is 0 Å². The average molecular weight is 228 g/mol. The number of halogens is 7. The molecule has 0 rings (SSSR count). The molecule has 0 fully saturated rings. The Kier molecular flexibility index (Phi) is 5.51. The Morgan fingerprint density at radius 1 is 0.786 bits per heavy atom. The number of alkyl halides is 7. The third-order valence-corrected chi connectivity index (χ3v) is 1.26.